The molecule has 1 unspecified atom stereocenters. The second-order valence-corrected chi connectivity index (χ2v) is 6.72. The van der Waals surface area contributed by atoms with Crippen LogP contribution >= 0.6 is 27.7 Å². The molecule has 1 heterocycles. The van der Waals surface area contributed by atoms with Crippen LogP contribution in [0.2, 0.25) is 0 Å². The molecule has 0 aromatic heterocycles. The fourth-order valence-electron chi connectivity index (χ4n) is 1.80. The quantitative estimate of drug-likeness (QED) is 0.898. The van der Waals surface area contributed by atoms with Gasteiger partial charge in [0.05, 0.1) is 9.22 Å². The minimum absolute atomic E-state index is 0.0401. The first kappa shape index (κ1) is 12.9. The van der Waals surface area contributed by atoms with Gasteiger partial charge in [-0.3, -0.25) is 4.79 Å². The number of anilines is 1. The Kier molecular flexibility index (Phi) is 3.78. The van der Waals surface area contributed by atoms with Crippen LogP contribution in [0.15, 0.2) is 22.7 Å². The lowest BCUT2D eigenvalue weighted by Crippen LogP contribution is -2.34. The van der Waals surface area contributed by atoms with Crippen LogP contribution in [0.3, 0.4) is 0 Å². The summed E-state index contributed by atoms with van der Waals surface area (Å²) in [6.45, 7) is 1.94. The first-order valence-electron chi connectivity index (χ1n) is 5.42. The van der Waals surface area contributed by atoms with E-state index in [1.165, 1.54) is 6.07 Å². The van der Waals surface area contributed by atoms with Crippen molar-refractivity contribution in [2.24, 2.45) is 0 Å². The monoisotopic (exact) mass is 317 g/mol. The van der Waals surface area contributed by atoms with Gasteiger partial charge in [0.25, 0.3) is 0 Å². The molecule has 17 heavy (non-hydrogen) atoms. The van der Waals surface area contributed by atoms with Gasteiger partial charge in [-0.1, -0.05) is 0 Å². The van der Waals surface area contributed by atoms with Crippen molar-refractivity contribution in [3.8, 4) is 0 Å². The zero-order valence-electron chi connectivity index (χ0n) is 9.43. The minimum atomic E-state index is -0.371. The molecule has 1 aromatic carbocycles. The molecule has 1 fully saturated rings. The van der Waals surface area contributed by atoms with Crippen molar-refractivity contribution in [2.75, 3.05) is 11.1 Å². The van der Waals surface area contributed by atoms with Crippen LogP contribution in [-0.4, -0.2) is 16.4 Å². The second kappa shape index (κ2) is 4.98. The predicted octanol–water partition coefficient (Wildman–Crippen LogP) is 3.81. The number of amides is 1. The Labute approximate surface area is 112 Å². The molecular formula is C12H13BrFNOS. The molecule has 2 rings (SSSR count). The van der Waals surface area contributed by atoms with Gasteiger partial charge >= 0.3 is 0 Å². The third-order valence-electron chi connectivity index (χ3n) is 2.88. The predicted molar refractivity (Wildman–Crippen MR) is 72.8 cm³/mol. The van der Waals surface area contributed by atoms with E-state index < -0.39 is 0 Å². The molecular weight excluding hydrogens is 305 g/mol. The summed E-state index contributed by atoms with van der Waals surface area (Å²) < 4.78 is 13.3. The van der Waals surface area contributed by atoms with Crippen LogP contribution in [0, 0.1) is 5.82 Å². The summed E-state index contributed by atoms with van der Waals surface area (Å²) in [4.78, 5) is 12.1. The lowest BCUT2D eigenvalue weighted by atomic mass is 10.0. The van der Waals surface area contributed by atoms with Gasteiger partial charge in [-0.25, -0.2) is 4.39 Å². The largest absolute Gasteiger partial charge is 0.325 e. The number of hydrogen-bond acceptors (Lipinski definition) is 2. The molecule has 0 radical (unpaired) electrons. The number of hydrogen-bond donors (Lipinski definition) is 1. The molecule has 1 atom stereocenters. The fraction of sp³-hybridized carbons (Fsp3) is 0.417. The van der Waals surface area contributed by atoms with Crippen LogP contribution in [0.5, 0.6) is 0 Å². The Hall–Kier alpha value is -0.550. The van der Waals surface area contributed by atoms with Crippen molar-refractivity contribution in [3.05, 3.63) is 28.5 Å². The first-order valence-corrected chi connectivity index (χ1v) is 7.20. The standard InChI is InChI=1S/C12H13BrFNOS/c1-12(5-2-6-17-12)11(16)15-8-3-4-9(13)10(14)7-8/h3-4,7H,2,5-6H2,1H3,(H,15,16). The summed E-state index contributed by atoms with van der Waals surface area (Å²) in [5, 5.41) is 2.77. The number of rotatable bonds is 2. The van der Waals surface area contributed by atoms with Crippen LogP contribution < -0.4 is 5.32 Å². The molecule has 1 aromatic rings. The average molecular weight is 318 g/mol. The van der Waals surface area contributed by atoms with Crippen LogP contribution in [-0.2, 0) is 4.79 Å². The number of halogens is 2. The van der Waals surface area contributed by atoms with Gasteiger partial charge in [-0.05, 0) is 59.6 Å². The first-order chi connectivity index (χ1) is 8.01. The SMILES string of the molecule is CC1(C(=O)Nc2ccc(Br)c(F)c2)CCCS1. The van der Waals surface area contributed by atoms with E-state index in [1.807, 2.05) is 6.92 Å². The van der Waals surface area contributed by atoms with E-state index >= 15 is 0 Å². The Morgan fingerprint density at radius 1 is 1.59 bits per heavy atom. The van der Waals surface area contributed by atoms with E-state index in [0.717, 1.165) is 18.6 Å². The molecule has 2 nitrogen and oxygen atoms in total. The molecule has 92 valence electrons. The highest BCUT2D eigenvalue weighted by molar-refractivity contribution is 9.10. The molecule has 0 spiro atoms. The molecule has 0 aliphatic carbocycles. The average Bonchev–Trinajstić information content (AvgIpc) is 2.72. The number of nitrogens with one attached hydrogen (secondary N) is 1. The van der Waals surface area contributed by atoms with Gasteiger partial charge in [0, 0.05) is 5.69 Å². The van der Waals surface area contributed by atoms with E-state index in [0.29, 0.717) is 10.2 Å². The topological polar surface area (TPSA) is 29.1 Å². The lowest BCUT2D eigenvalue weighted by molar-refractivity contribution is -0.118. The molecule has 0 saturated carbocycles. The summed E-state index contributed by atoms with van der Waals surface area (Å²) in [5.74, 6) is 0.604. The smallest absolute Gasteiger partial charge is 0.240 e. The maximum Gasteiger partial charge on any atom is 0.240 e. The molecule has 0 bridgehead atoms. The third kappa shape index (κ3) is 2.83. The second-order valence-electron chi connectivity index (χ2n) is 4.27. The van der Waals surface area contributed by atoms with Gasteiger partial charge in [0.1, 0.15) is 5.82 Å². The highest BCUT2D eigenvalue weighted by Gasteiger charge is 2.37. The minimum Gasteiger partial charge on any atom is -0.325 e. The van der Waals surface area contributed by atoms with E-state index in [9.17, 15) is 9.18 Å². The number of thioether (sulfide) groups is 1. The molecule has 1 aliphatic rings. The third-order valence-corrected chi connectivity index (χ3v) is 5.04. The Bertz CT molecular complexity index is 446. The van der Waals surface area contributed by atoms with Gasteiger partial charge in [0.2, 0.25) is 5.91 Å². The van der Waals surface area contributed by atoms with Gasteiger partial charge in [0.15, 0.2) is 0 Å². The van der Waals surface area contributed by atoms with Crippen molar-refractivity contribution >= 4 is 39.3 Å². The molecule has 5 heteroatoms. The van der Waals surface area contributed by atoms with Crippen molar-refractivity contribution in [1.29, 1.82) is 0 Å². The Morgan fingerprint density at radius 2 is 2.35 bits per heavy atom. The number of carbonyl (C=O) groups excluding carboxylic acids is 1. The van der Waals surface area contributed by atoms with Crippen LogP contribution in [0.1, 0.15) is 19.8 Å². The fourth-order valence-corrected chi connectivity index (χ4v) is 3.25. The summed E-state index contributed by atoms with van der Waals surface area (Å²) in [5.41, 5.74) is 0.504. The molecule has 1 N–H and O–H groups in total. The summed E-state index contributed by atoms with van der Waals surface area (Å²) in [7, 11) is 0. The maximum atomic E-state index is 13.3. The van der Waals surface area contributed by atoms with Crippen molar-refractivity contribution in [1.82, 2.24) is 0 Å². The molecule has 1 aliphatic heterocycles. The zero-order valence-corrected chi connectivity index (χ0v) is 11.8. The number of carbonyl (C=O) groups is 1. The van der Waals surface area contributed by atoms with Crippen molar-refractivity contribution in [2.45, 2.75) is 24.5 Å². The van der Waals surface area contributed by atoms with E-state index in [-0.39, 0.29) is 16.5 Å². The summed E-state index contributed by atoms with van der Waals surface area (Å²) in [6.07, 6.45) is 1.94. The van der Waals surface area contributed by atoms with Crippen molar-refractivity contribution in [3.63, 3.8) is 0 Å². The highest BCUT2D eigenvalue weighted by atomic mass is 79.9. The zero-order chi connectivity index (χ0) is 12.5. The molecule has 1 amide bonds. The normalized spacial score (nSPS) is 23.7. The van der Waals surface area contributed by atoms with Crippen LogP contribution in [0.25, 0.3) is 0 Å². The summed E-state index contributed by atoms with van der Waals surface area (Å²) in [6, 6.07) is 4.61. The highest BCUT2D eigenvalue weighted by Crippen LogP contribution is 2.38. The van der Waals surface area contributed by atoms with Gasteiger partial charge < -0.3 is 5.32 Å². The van der Waals surface area contributed by atoms with Crippen molar-refractivity contribution < 1.29 is 9.18 Å². The Balaban J connectivity index is 2.10. The van der Waals surface area contributed by atoms with E-state index in [4.69, 9.17) is 0 Å². The van der Waals surface area contributed by atoms with E-state index in [1.54, 1.807) is 23.9 Å². The Morgan fingerprint density at radius 3 is 2.94 bits per heavy atom. The van der Waals surface area contributed by atoms with Crippen LogP contribution in [0.4, 0.5) is 10.1 Å². The van der Waals surface area contributed by atoms with E-state index in [2.05, 4.69) is 21.2 Å². The lowest BCUT2D eigenvalue weighted by Gasteiger charge is -2.21. The van der Waals surface area contributed by atoms with Gasteiger partial charge in [-0.2, -0.15) is 0 Å². The van der Waals surface area contributed by atoms with Gasteiger partial charge in [-0.15, -0.1) is 11.8 Å². The maximum absolute atomic E-state index is 13.3. The molecule has 1 saturated heterocycles. The number of benzene rings is 1. The summed E-state index contributed by atoms with van der Waals surface area (Å²) >= 11 is 4.74.